The van der Waals surface area contributed by atoms with Crippen LogP contribution >= 0.6 is 0 Å². The molecule has 2 aliphatic rings. The predicted molar refractivity (Wildman–Crippen MR) is 98.6 cm³/mol. The second-order valence-electron chi connectivity index (χ2n) is 7.12. The summed E-state index contributed by atoms with van der Waals surface area (Å²) in [6, 6.07) is 4.90. The van der Waals surface area contributed by atoms with Gasteiger partial charge in [-0.1, -0.05) is 0 Å². The fourth-order valence-corrected chi connectivity index (χ4v) is 3.46. The Bertz CT molecular complexity index is 1050. The summed E-state index contributed by atoms with van der Waals surface area (Å²) in [5.74, 6) is -0.413. The van der Waals surface area contributed by atoms with Crippen LogP contribution in [0.5, 0.6) is 0 Å². The predicted octanol–water partition coefficient (Wildman–Crippen LogP) is 1.24. The van der Waals surface area contributed by atoms with Gasteiger partial charge in [-0.2, -0.15) is 0 Å². The van der Waals surface area contributed by atoms with E-state index in [1.165, 1.54) is 4.57 Å². The first kappa shape index (κ1) is 17.5. The largest absolute Gasteiger partial charge is 0.452 e. The second kappa shape index (κ2) is 6.68. The van der Waals surface area contributed by atoms with Crippen molar-refractivity contribution in [2.75, 3.05) is 5.32 Å². The van der Waals surface area contributed by atoms with Gasteiger partial charge in [0.2, 0.25) is 0 Å². The second-order valence-corrected chi connectivity index (χ2v) is 7.12. The molecule has 1 N–H and O–H groups in total. The van der Waals surface area contributed by atoms with Crippen LogP contribution in [-0.4, -0.2) is 27.1 Å². The van der Waals surface area contributed by atoms with Gasteiger partial charge in [-0.05, 0) is 43.9 Å². The maximum atomic E-state index is 12.9. The van der Waals surface area contributed by atoms with Gasteiger partial charge in [0.15, 0.2) is 6.10 Å². The smallest absolute Gasteiger partial charge is 0.331 e. The number of hydrogen-bond donors (Lipinski definition) is 1. The summed E-state index contributed by atoms with van der Waals surface area (Å²) in [6.45, 7) is 2.74. The summed E-state index contributed by atoms with van der Waals surface area (Å²) in [5, 5.41) is 3.08. The van der Waals surface area contributed by atoms with Gasteiger partial charge in [0.25, 0.3) is 11.5 Å². The van der Waals surface area contributed by atoms with E-state index in [0.29, 0.717) is 42.0 Å². The average Bonchev–Trinajstić information content (AvgIpc) is 3.37. The van der Waals surface area contributed by atoms with Crippen LogP contribution in [0.2, 0.25) is 0 Å². The number of benzene rings is 1. The molecule has 0 spiro atoms. The lowest BCUT2D eigenvalue weighted by molar-refractivity contribution is -0.146. The molecule has 8 heteroatoms. The van der Waals surface area contributed by atoms with Crippen molar-refractivity contribution in [3.05, 3.63) is 39.0 Å². The number of carbonyl (C=O) groups excluding carboxylic acids is 2. The Morgan fingerprint density at radius 1 is 1.19 bits per heavy atom. The van der Waals surface area contributed by atoms with Gasteiger partial charge < -0.3 is 10.1 Å². The highest BCUT2D eigenvalue weighted by molar-refractivity contribution is 5.98. The molecule has 142 valence electrons. The molecular weight excluding hydrogens is 350 g/mol. The maximum Gasteiger partial charge on any atom is 0.331 e. The number of anilines is 1. The molecule has 27 heavy (non-hydrogen) atoms. The van der Waals surface area contributed by atoms with Crippen LogP contribution in [0.1, 0.15) is 32.6 Å². The Balaban J connectivity index is 1.72. The lowest BCUT2D eigenvalue weighted by Crippen LogP contribution is -2.40. The molecule has 8 nitrogen and oxygen atoms in total. The lowest BCUT2D eigenvalue weighted by Gasteiger charge is -2.14. The van der Waals surface area contributed by atoms with E-state index >= 15 is 0 Å². The number of carbonyl (C=O) groups is 2. The van der Waals surface area contributed by atoms with Crippen molar-refractivity contribution in [1.82, 2.24) is 9.13 Å². The summed E-state index contributed by atoms with van der Waals surface area (Å²) in [4.78, 5) is 49.0. The van der Waals surface area contributed by atoms with Gasteiger partial charge in [-0.15, -0.1) is 0 Å². The van der Waals surface area contributed by atoms with Gasteiger partial charge >= 0.3 is 11.7 Å². The monoisotopic (exact) mass is 371 g/mol. The summed E-state index contributed by atoms with van der Waals surface area (Å²) in [7, 11) is 0. The molecule has 1 saturated carbocycles. The molecule has 1 aromatic heterocycles. The zero-order chi connectivity index (χ0) is 19.1. The third-order valence-corrected chi connectivity index (χ3v) is 5.12. The molecular formula is C19H21N3O5. The topological polar surface area (TPSA) is 99.4 Å². The fourth-order valence-electron chi connectivity index (χ4n) is 3.46. The number of hydrogen-bond acceptors (Lipinski definition) is 5. The molecule has 1 aliphatic heterocycles. The van der Waals surface area contributed by atoms with Crippen molar-refractivity contribution in [2.24, 2.45) is 5.92 Å². The molecule has 2 heterocycles. The number of aryl methyl sites for hydroxylation is 1. The Kier molecular flexibility index (Phi) is 4.33. The van der Waals surface area contributed by atoms with Crippen LogP contribution in [0.4, 0.5) is 5.69 Å². The normalized spacial score (nSPS) is 19.3. The van der Waals surface area contributed by atoms with E-state index < -0.39 is 12.0 Å². The minimum absolute atomic E-state index is 0.227. The van der Waals surface area contributed by atoms with Crippen molar-refractivity contribution >= 4 is 28.5 Å². The number of amides is 1. The van der Waals surface area contributed by atoms with Crippen LogP contribution in [0.3, 0.4) is 0 Å². The number of cyclic esters (lactones) is 1. The Morgan fingerprint density at radius 2 is 1.96 bits per heavy atom. The standard InChI is InChI=1S/C19H21N3O5/c1-2-21-14-6-5-12(20-17(24)15-7-8-16(23)27-15)9-13(14)18(25)22(19(21)26)10-11-3-4-11/h5-6,9,11,15H,2-4,7-8,10H2,1H3,(H,20,24)/t15-/m1/s1. The van der Waals surface area contributed by atoms with Gasteiger partial charge in [0, 0.05) is 31.6 Å². The van der Waals surface area contributed by atoms with Crippen LogP contribution in [0, 0.1) is 5.92 Å². The average molecular weight is 371 g/mol. The van der Waals surface area contributed by atoms with E-state index in [2.05, 4.69) is 5.32 Å². The molecule has 1 aliphatic carbocycles. The lowest BCUT2D eigenvalue weighted by atomic mass is 10.2. The molecule has 4 rings (SSSR count). The zero-order valence-electron chi connectivity index (χ0n) is 15.1. The van der Waals surface area contributed by atoms with Crippen LogP contribution in [0.15, 0.2) is 27.8 Å². The highest BCUT2D eigenvalue weighted by atomic mass is 16.6. The van der Waals surface area contributed by atoms with Crippen LogP contribution in [0.25, 0.3) is 10.9 Å². The van der Waals surface area contributed by atoms with Gasteiger partial charge in [0.1, 0.15) is 0 Å². The first-order valence-electron chi connectivity index (χ1n) is 9.25. The molecule has 1 atom stereocenters. The van der Waals surface area contributed by atoms with Gasteiger partial charge in [-0.3, -0.25) is 23.5 Å². The summed E-state index contributed by atoms with van der Waals surface area (Å²) >= 11 is 0. The highest BCUT2D eigenvalue weighted by Crippen LogP contribution is 2.30. The quantitative estimate of drug-likeness (QED) is 0.797. The summed E-state index contributed by atoms with van der Waals surface area (Å²) < 4.78 is 7.84. The molecule has 1 amide bonds. The zero-order valence-corrected chi connectivity index (χ0v) is 15.1. The molecule has 0 unspecified atom stereocenters. The number of nitrogens with zero attached hydrogens (tertiary/aromatic N) is 2. The van der Waals surface area contributed by atoms with E-state index in [1.807, 2.05) is 6.92 Å². The third kappa shape index (κ3) is 3.27. The van der Waals surface area contributed by atoms with E-state index in [9.17, 15) is 19.2 Å². The number of rotatable bonds is 5. The van der Waals surface area contributed by atoms with E-state index in [0.717, 1.165) is 12.8 Å². The van der Waals surface area contributed by atoms with Crippen molar-refractivity contribution in [3.63, 3.8) is 0 Å². The first-order valence-corrected chi connectivity index (χ1v) is 9.25. The molecule has 2 aromatic rings. The highest BCUT2D eigenvalue weighted by Gasteiger charge is 2.30. The van der Waals surface area contributed by atoms with Crippen molar-refractivity contribution in [1.29, 1.82) is 0 Å². The molecule has 0 bridgehead atoms. The first-order chi connectivity index (χ1) is 13.0. The van der Waals surface area contributed by atoms with Crippen molar-refractivity contribution in [2.45, 2.75) is 51.8 Å². The SMILES string of the molecule is CCn1c(=O)n(CC2CC2)c(=O)c2cc(NC(=O)[C@H]3CCC(=O)O3)ccc21. The maximum absolute atomic E-state index is 12.9. The van der Waals surface area contributed by atoms with Crippen molar-refractivity contribution < 1.29 is 14.3 Å². The number of nitrogens with one attached hydrogen (secondary N) is 1. The van der Waals surface area contributed by atoms with E-state index in [1.54, 1.807) is 22.8 Å². The van der Waals surface area contributed by atoms with Crippen LogP contribution < -0.4 is 16.6 Å². The van der Waals surface area contributed by atoms with Crippen molar-refractivity contribution in [3.8, 4) is 0 Å². The number of ether oxygens (including phenoxy) is 1. The number of esters is 1. The van der Waals surface area contributed by atoms with Gasteiger partial charge in [-0.25, -0.2) is 4.79 Å². The molecule has 1 aromatic carbocycles. The Morgan fingerprint density at radius 3 is 2.59 bits per heavy atom. The molecule has 0 radical (unpaired) electrons. The summed E-state index contributed by atoms with van der Waals surface area (Å²) in [5.41, 5.74) is 0.350. The minimum Gasteiger partial charge on any atom is -0.452 e. The van der Waals surface area contributed by atoms with Gasteiger partial charge in [0.05, 0.1) is 10.9 Å². The minimum atomic E-state index is -0.802. The summed E-state index contributed by atoms with van der Waals surface area (Å²) in [6.07, 6.45) is 1.84. The Hall–Kier alpha value is -2.90. The van der Waals surface area contributed by atoms with E-state index in [-0.39, 0.29) is 23.6 Å². The number of fused-ring (bicyclic) bond motifs is 1. The third-order valence-electron chi connectivity index (χ3n) is 5.12. The molecule has 2 fully saturated rings. The van der Waals surface area contributed by atoms with E-state index in [4.69, 9.17) is 4.74 Å². The molecule has 1 saturated heterocycles. The Labute approximate surface area is 154 Å². The number of aromatic nitrogens is 2. The fraction of sp³-hybridized carbons (Fsp3) is 0.474. The van der Waals surface area contributed by atoms with Crippen LogP contribution in [-0.2, 0) is 27.4 Å².